The fraction of sp³-hybridized carbons (Fsp3) is 0.417. The van der Waals surface area contributed by atoms with Gasteiger partial charge in [0.05, 0.1) is 33.4 Å². The average Bonchev–Trinajstić information content (AvgIpc) is 4.14. The molecular formula is C60H66N8O6S. The van der Waals surface area contributed by atoms with Crippen molar-refractivity contribution in [2.75, 3.05) is 36.4 Å². The van der Waals surface area contributed by atoms with Crippen molar-refractivity contribution in [3.05, 3.63) is 130 Å². The second-order valence-corrected chi connectivity index (χ2v) is 23.1. The van der Waals surface area contributed by atoms with Crippen molar-refractivity contribution in [3.8, 4) is 16.9 Å². The van der Waals surface area contributed by atoms with E-state index in [0.717, 1.165) is 107 Å². The lowest BCUT2D eigenvalue weighted by Gasteiger charge is -2.31. The van der Waals surface area contributed by atoms with Crippen LogP contribution in [0.2, 0.25) is 0 Å². The van der Waals surface area contributed by atoms with Gasteiger partial charge in [-0.05, 0) is 181 Å². The highest BCUT2D eigenvalue weighted by Crippen LogP contribution is 2.39. The van der Waals surface area contributed by atoms with Crippen molar-refractivity contribution < 1.29 is 28.7 Å². The van der Waals surface area contributed by atoms with Gasteiger partial charge < -0.3 is 19.3 Å². The van der Waals surface area contributed by atoms with Crippen molar-refractivity contribution in [3.63, 3.8) is 0 Å². The number of nitrogens with zero attached hydrogens (tertiary/aromatic N) is 6. The molecule has 7 aromatic rings. The van der Waals surface area contributed by atoms with Crippen LogP contribution in [0.25, 0.3) is 32.2 Å². The van der Waals surface area contributed by atoms with E-state index in [0.29, 0.717) is 66.3 Å². The molecule has 2 saturated heterocycles. The summed E-state index contributed by atoms with van der Waals surface area (Å²) in [5.41, 5.74) is 8.63. The topological polar surface area (TPSA) is 161 Å². The summed E-state index contributed by atoms with van der Waals surface area (Å²) in [5, 5.41) is 11.8. The SMILES string of the molecule is Cc1c(OC2CCC(CCCN3CC[C@H](c4ccc5c([C@H]6CCC(=O)NC6=O)nn(C)c5c4)C3)CC2)cccc1-c1ccc(N2CCc3cccc(C(=O)Nc4nc5ccccc5s4)c3C2)nc1C(=O)OC(C)(C)C. The number of aromatic nitrogens is 4. The minimum absolute atomic E-state index is 0.118. The lowest BCUT2D eigenvalue weighted by molar-refractivity contribution is -0.134. The van der Waals surface area contributed by atoms with Crippen LogP contribution in [-0.4, -0.2) is 86.2 Å². The van der Waals surface area contributed by atoms with Crippen LogP contribution >= 0.6 is 11.3 Å². The number of benzene rings is 4. The number of piperidine rings is 1. The van der Waals surface area contributed by atoms with E-state index in [1.54, 1.807) is 0 Å². The number of esters is 1. The molecule has 2 N–H and O–H groups in total. The van der Waals surface area contributed by atoms with Crippen LogP contribution in [0.3, 0.4) is 0 Å². The average molecular weight is 1030 g/mol. The maximum absolute atomic E-state index is 14.1. The van der Waals surface area contributed by atoms with Crippen molar-refractivity contribution in [2.45, 2.75) is 122 Å². The highest BCUT2D eigenvalue weighted by Gasteiger charge is 2.33. The van der Waals surface area contributed by atoms with Crippen LogP contribution in [0.15, 0.2) is 91.0 Å². The molecule has 0 spiro atoms. The number of carbonyl (C=O) groups is 4. The van der Waals surface area contributed by atoms with Gasteiger partial charge in [0.1, 0.15) is 17.2 Å². The van der Waals surface area contributed by atoms with Crippen molar-refractivity contribution in [1.82, 2.24) is 30.0 Å². The maximum atomic E-state index is 14.1. The Morgan fingerprint density at radius 1 is 0.867 bits per heavy atom. The Bertz CT molecular complexity index is 3300. The normalized spacial score (nSPS) is 20.3. The second kappa shape index (κ2) is 21.0. The largest absolute Gasteiger partial charge is 0.490 e. The summed E-state index contributed by atoms with van der Waals surface area (Å²) in [7, 11) is 1.94. The molecule has 75 heavy (non-hydrogen) atoms. The van der Waals surface area contributed by atoms with Gasteiger partial charge in [0.15, 0.2) is 10.8 Å². The minimum atomic E-state index is -0.732. The van der Waals surface area contributed by atoms with Crippen LogP contribution in [0, 0.1) is 12.8 Å². The van der Waals surface area contributed by atoms with Gasteiger partial charge in [-0.2, -0.15) is 5.10 Å². The van der Waals surface area contributed by atoms with E-state index < -0.39 is 17.5 Å². The molecule has 3 fully saturated rings. The molecule has 3 amide bonds. The van der Waals surface area contributed by atoms with Crippen LogP contribution in [0.5, 0.6) is 5.75 Å². The number of pyridine rings is 1. The fourth-order valence-corrected chi connectivity index (χ4v) is 12.7. The number of rotatable bonds is 13. The lowest BCUT2D eigenvalue weighted by Crippen LogP contribution is -2.39. The molecule has 2 atom stereocenters. The zero-order valence-corrected chi connectivity index (χ0v) is 44.4. The third kappa shape index (κ3) is 10.8. The number of imide groups is 1. The third-order valence-corrected chi connectivity index (χ3v) is 16.7. The van der Waals surface area contributed by atoms with Crippen LogP contribution in [0.4, 0.5) is 10.9 Å². The lowest BCUT2D eigenvalue weighted by atomic mass is 9.84. The molecule has 388 valence electrons. The molecule has 0 radical (unpaired) electrons. The molecule has 1 aliphatic carbocycles. The first-order valence-corrected chi connectivity index (χ1v) is 27.6. The van der Waals surface area contributed by atoms with Gasteiger partial charge in [0.25, 0.3) is 5.91 Å². The minimum Gasteiger partial charge on any atom is -0.490 e. The first kappa shape index (κ1) is 50.2. The van der Waals surface area contributed by atoms with Crippen molar-refractivity contribution >= 4 is 67.1 Å². The number of para-hydroxylation sites is 1. The summed E-state index contributed by atoms with van der Waals surface area (Å²) in [6, 6.07) is 30.3. The Hall–Kier alpha value is -6.97. The van der Waals surface area contributed by atoms with Crippen molar-refractivity contribution in [1.29, 1.82) is 0 Å². The molecule has 15 heteroatoms. The number of amides is 3. The van der Waals surface area contributed by atoms with E-state index >= 15 is 0 Å². The van der Waals surface area contributed by atoms with E-state index in [-0.39, 0.29) is 29.5 Å². The second-order valence-electron chi connectivity index (χ2n) is 22.0. The summed E-state index contributed by atoms with van der Waals surface area (Å²) < 4.78 is 15.7. The summed E-state index contributed by atoms with van der Waals surface area (Å²) in [6.07, 6.45) is 9.49. The van der Waals surface area contributed by atoms with Crippen LogP contribution < -0.4 is 20.3 Å². The van der Waals surface area contributed by atoms with Crippen LogP contribution in [-0.2, 0) is 34.3 Å². The van der Waals surface area contributed by atoms with Crippen LogP contribution in [0.1, 0.15) is 139 Å². The van der Waals surface area contributed by atoms with E-state index in [4.69, 9.17) is 19.6 Å². The first-order valence-electron chi connectivity index (χ1n) is 26.8. The summed E-state index contributed by atoms with van der Waals surface area (Å²) in [6.45, 7) is 12.0. The van der Waals surface area contributed by atoms with E-state index in [1.807, 2.05) is 99.2 Å². The molecule has 0 unspecified atom stereocenters. The van der Waals surface area contributed by atoms with E-state index in [9.17, 15) is 19.2 Å². The predicted molar refractivity (Wildman–Crippen MR) is 294 cm³/mol. The van der Waals surface area contributed by atoms with Gasteiger partial charge in [-0.15, -0.1) is 0 Å². The van der Waals surface area contributed by atoms with Crippen molar-refractivity contribution in [2.24, 2.45) is 13.0 Å². The molecule has 0 bridgehead atoms. The number of likely N-dealkylation sites (tertiary alicyclic amines) is 1. The standard InChI is InChI=1S/C60H66N8O6S/c1-36-42(43-24-26-52(62-55(43)58(72)74-60(2,3)4)68-32-29-38-12-8-14-44(47(38)35-68)56(70)64-59-61-48-15-6-7-17-51(48)75-59)13-9-16-50(36)73-41-21-18-37(19-22-41)11-10-30-67-31-28-40(34-67)39-20-23-45-49(33-39)66(5)65-54(45)46-25-27-53(69)63-57(46)71/h6-9,12-17,20,23-24,26,33,37,40-41,46H,10-11,18-19,21-22,25,27-32,34-35H2,1-5H3,(H,61,64,70)(H,63,69,71)/t37?,40-,41?,46+/m0/s1. The first-order chi connectivity index (χ1) is 36.2. The molecular weight excluding hydrogens is 961 g/mol. The number of ether oxygens (including phenoxy) is 2. The monoisotopic (exact) mass is 1030 g/mol. The molecule has 14 nitrogen and oxygen atoms in total. The number of anilines is 2. The summed E-state index contributed by atoms with van der Waals surface area (Å²) in [5.74, 6) is 1.05. The molecule has 4 aliphatic rings. The number of hydrogen-bond donors (Lipinski definition) is 2. The number of hydrogen-bond acceptors (Lipinski definition) is 12. The Morgan fingerprint density at radius 3 is 2.51 bits per heavy atom. The number of carbonyl (C=O) groups excluding carboxylic acids is 4. The molecule has 6 heterocycles. The number of fused-ring (bicyclic) bond motifs is 3. The van der Waals surface area contributed by atoms with Gasteiger partial charge >= 0.3 is 5.97 Å². The number of thiazole rings is 1. The maximum Gasteiger partial charge on any atom is 0.358 e. The summed E-state index contributed by atoms with van der Waals surface area (Å²) in [4.78, 5) is 66.8. The zero-order chi connectivity index (χ0) is 52.0. The number of nitrogens with one attached hydrogen (secondary N) is 2. The quantitative estimate of drug-likeness (QED) is 0.0835. The van der Waals surface area contributed by atoms with E-state index in [1.165, 1.54) is 29.7 Å². The number of aryl methyl sites for hydroxylation is 1. The predicted octanol–water partition coefficient (Wildman–Crippen LogP) is 11.1. The van der Waals surface area contributed by atoms with Gasteiger partial charge in [-0.1, -0.05) is 59.9 Å². The molecule has 1 saturated carbocycles. The molecule has 3 aromatic heterocycles. The summed E-state index contributed by atoms with van der Waals surface area (Å²) >= 11 is 1.45. The molecule has 4 aromatic carbocycles. The van der Waals surface area contributed by atoms with Gasteiger partial charge in [0.2, 0.25) is 11.8 Å². The highest BCUT2D eigenvalue weighted by molar-refractivity contribution is 7.22. The fourth-order valence-electron chi connectivity index (χ4n) is 11.8. The van der Waals surface area contributed by atoms with Gasteiger partial charge in [0, 0.05) is 49.6 Å². The molecule has 3 aliphatic heterocycles. The highest BCUT2D eigenvalue weighted by atomic mass is 32.1. The Morgan fingerprint density at radius 2 is 1.69 bits per heavy atom. The zero-order valence-electron chi connectivity index (χ0n) is 43.6. The Balaban J connectivity index is 0.706. The van der Waals surface area contributed by atoms with Gasteiger partial charge in [-0.25, -0.2) is 14.8 Å². The Kier molecular flexibility index (Phi) is 14.0. The van der Waals surface area contributed by atoms with Gasteiger partial charge in [-0.3, -0.25) is 29.7 Å². The smallest absolute Gasteiger partial charge is 0.358 e. The molecule has 11 rings (SSSR count). The Labute approximate surface area is 442 Å². The van der Waals surface area contributed by atoms with E-state index in [2.05, 4.69) is 56.6 Å². The third-order valence-electron chi connectivity index (χ3n) is 15.8.